The van der Waals surface area contributed by atoms with E-state index in [2.05, 4.69) is 9.69 Å². The number of hydrogen-bond acceptors (Lipinski definition) is 6. The summed E-state index contributed by atoms with van der Waals surface area (Å²) in [6.07, 6.45) is -4.60. The molecule has 5 nitrogen and oxygen atoms in total. The number of aromatic nitrogens is 1. The number of aliphatic hydroxyl groups is 1. The maximum atomic E-state index is 11.9. The number of anilines is 2. The van der Waals surface area contributed by atoms with E-state index in [0.717, 1.165) is 11.5 Å². The smallest absolute Gasteiger partial charge is 0.265 e. The minimum absolute atomic E-state index is 0.0523. The summed E-state index contributed by atoms with van der Waals surface area (Å²) in [6.45, 7) is -0.353. The molecule has 0 radical (unpaired) electrons. The third kappa shape index (κ3) is 2.74. The monoisotopic (exact) mass is 234 g/mol. The van der Waals surface area contributed by atoms with Gasteiger partial charge >= 0.3 is 0 Å². The molecule has 0 amide bonds. The first kappa shape index (κ1) is 11.6. The van der Waals surface area contributed by atoms with Crippen LogP contribution in [0, 0.1) is 11.3 Å². The Balaban J connectivity index is 2.62. The van der Waals surface area contributed by atoms with Crippen LogP contribution >= 0.6 is 11.5 Å². The van der Waals surface area contributed by atoms with E-state index in [1.165, 1.54) is 0 Å². The van der Waals surface area contributed by atoms with Gasteiger partial charge in [0.05, 0.1) is 0 Å². The van der Waals surface area contributed by atoms with Crippen molar-refractivity contribution in [3.63, 3.8) is 0 Å². The van der Waals surface area contributed by atoms with E-state index in [4.69, 9.17) is 16.1 Å². The molecule has 0 aliphatic heterocycles. The zero-order valence-corrected chi connectivity index (χ0v) is 8.26. The van der Waals surface area contributed by atoms with Crippen LogP contribution in [0.5, 0.6) is 0 Å². The standard InChI is InChI=1S/C7H8F2N4OS/c8-5(9)4(14)2-12-7-3(1-10)6(11)13-15-7/h4-5,12,14H,2H2,(H2,11,13). The summed E-state index contributed by atoms with van der Waals surface area (Å²) in [5.41, 5.74) is 5.46. The number of nitrogens with zero attached hydrogens (tertiary/aromatic N) is 2. The maximum Gasteiger partial charge on any atom is 0.265 e. The second kappa shape index (κ2) is 4.86. The minimum Gasteiger partial charge on any atom is -0.385 e. The van der Waals surface area contributed by atoms with Gasteiger partial charge < -0.3 is 16.2 Å². The number of aliphatic hydroxyl groups excluding tert-OH is 1. The second-order valence-corrected chi connectivity index (χ2v) is 3.44. The van der Waals surface area contributed by atoms with Gasteiger partial charge in [-0.15, -0.1) is 0 Å². The van der Waals surface area contributed by atoms with Crippen LogP contribution in [-0.2, 0) is 0 Å². The van der Waals surface area contributed by atoms with Gasteiger partial charge in [-0.2, -0.15) is 9.64 Å². The molecule has 1 heterocycles. The van der Waals surface area contributed by atoms with Crippen molar-refractivity contribution in [2.75, 3.05) is 17.6 Å². The average Bonchev–Trinajstić information content (AvgIpc) is 2.55. The predicted octanol–water partition coefficient (Wildman–Crippen LogP) is 0.635. The fraction of sp³-hybridized carbons (Fsp3) is 0.429. The molecule has 0 aromatic carbocycles. The van der Waals surface area contributed by atoms with Crippen molar-refractivity contribution in [1.29, 1.82) is 5.26 Å². The minimum atomic E-state index is -2.83. The van der Waals surface area contributed by atoms with E-state index in [0.29, 0.717) is 0 Å². The molecular formula is C7H8F2N4OS. The van der Waals surface area contributed by atoms with Crippen molar-refractivity contribution in [1.82, 2.24) is 4.37 Å². The molecule has 0 aliphatic rings. The molecule has 0 bridgehead atoms. The lowest BCUT2D eigenvalue weighted by molar-refractivity contribution is 0.00388. The van der Waals surface area contributed by atoms with Crippen molar-refractivity contribution in [3.05, 3.63) is 5.56 Å². The Morgan fingerprint density at radius 3 is 2.87 bits per heavy atom. The van der Waals surface area contributed by atoms with Crippen LogP contribution in [0.1, 0.15) is 5.56 Å². The lowest BCUT2D eigenvalue weighted by Crippen LogP contribution is -2.26. The van der Waals surface area contributed by atoms with Gasteiger partial charge in [0.15, 0.2) is 5.82 Å². The Morgan fingerprint density at radius 2 is 2.33 bits per heavy atom. The quantitative estimate of drug-likeness (QED) is 0.710. The van der Waals surface area contributed by atoms with Gasteiger partial charge in [-0.3, -0.25) is 0 Å². The number of nitriles is 1. The third-order valence-electron chi connectivity index (χ3n) is 1.59. The molecule has 1 atom stereocenters. The van der Waals surface area contributed by atoms with Crippen LogP contribution in [0.3, 0.4) is 0 Å². The average molecular weight is 234 g/mol. The summed E-state index contributed by atoms with van der Waals surface area (Å²) in [5.74, 6) is 0.0523. The SMILES string of the molecule is N#Cc1c(N)nsc1NCC(O)C(F)F. The van der Waals surface area contributed by atoms with Crippen LogP contribution in [-0.4, -0.2) is 28.6 Å². The lowest BCUT2D eigenvalue weighted by atomic mass is 10.3. The van der Waals surface area contributed by atoms with Crippen molar-refractivity contribution >= 4 is 22.4 Å². The van der Waals surface area contributed by atoms with Gasteiger partial charge in [-0.25, -0.2) is 8.78 Å². The molecule has 0 spiro atoms. The van der Waals surface area contributed by atoms with Crippen molar-refractivity contribution < 1.29 is 13.9 Å². The van der Waals surface area contributed by atoms with Gasteiger partial charge in [-0.05, 0) is 11.5 Å². The van der Waals surface area contributed by atoms with E-state index < -0.39 is 12.5 Å². The van der Waals surface area contributed by atoms with Crippen LogP contribution in [0.2, 0.25) is 0 Å². The first-order valence-electron chi connectivity index (χ1n) is 3.91. The number of hydrogen-bond donors (Lipinski definition) is 3. The number of nitrogen functional groups attached to an aromatic ring is 1. The molecule has 0 saturated carbocycles. The topological polar surface area (TPSA) is 95.0 Å². The van der Waals surface area contributed by atoms with E-state index in [1.807, 2.05) is 0 Å². The Labute approximate surface area is 88.3 Å². The van der Waals surface area contributed by atoms with Crippen LogP contribution in [0.4, 0.5) is 19.6 Å². The fourth-order valence-electron chi connectivity index (χ4n) is 0.817. The Hall–Kier alpha value is -1.46. The first-order chi connectivity index (χ1) is 7.06. The van der Waals surface area contributed by atoms with Gasteiger partial charge in [0.2, 0.25) is 0 Å². The molecule has 82 valence electrons. The largest absolute Gasteiger partial charge is 0.385 e. The summed E-state index contributed by atoms with van der Waals surface area (Å²) in [4.78, 5) is 0. The highest BCUT2D eigenvalue weighted by Gasteiger charge is 2.18. The highest BCUT2D eigenvalue weighted by atomic mass is 32.1. The normalized spacial score (nSPS) is 12.5. The Bertz CT molecular complexity index is 376. The van der Waals surface area contributed by atoms with Crippen molar-refractivity contribution in [2.45, 2.75) is 12.5 Å². The predicted molar refractivity (Wildman–Crippen MR) is 51.7 cm³/mol. The first-order valence-corrected chi connectivity index (χ1v) is 4.69. The maximum absolute atomic E-state index is 11.9. The summed E-state index contributed by atoms with van der Waals surface area (Å²) < 4.78 is 27.5. The molecule has 0 aliphatic carbocycles. The lowest BCUT2D eigenvalue weighted by Gasteiger charge is -2.09. The highest BCUT2D eigenvalue weighted by Crippen LogP contribution is 2.25. The summed E-state index contributed by atoms with van der Waals surface area (Å²) in [7, 11) is 0. The summed E-state index contributed by atoms with van der Waals surface area (Å²) in [5, 5.41) is 20.2. The fourth-order valence-corrected chi connectivity index (χ4v) is 1.49. The van der Waals surface area contributed by atoms with E-state index >= 15 is 0 Å². The number of rotatable bonds is 4. The molecule has 0 saturated heterocycles. The van der Waals surface area contributed by atoms with Gasteiger partial charge in [0.1, 0.15) is 22.7 Å². The van der Waals surface area contributed by atoms with Crippen molar-refractivity contribution in [3.8, 4) is 6.07 Å². The molecule has 1 unspecified atom stereocenters. The molecule has 1 aromatic rings. The molecule has 1 aromatic heterocycles. The number of nitrogens with two attached hydrogens (primary N) is 1. The van der Waals surface area contributed by atoms with Crippen molar-refractivity contribution in [2.24, 2.45) is 0 Å². The molecule has 0 fully saturated rings. The van der Waals surface area contributed by atoms with Crippen LogP contribution < -0.4 is 11.1 Å². The number of nitrogens with one attached hydrogen (secondary N) is 1. The van der Waals surface area contributed by atoms with Gasteiger partial charge in [0, 0.05) is 6.54 Å². The van der Waals surface area contributed by atoms with Crippen LogP contribution in [0.15, 0.2) is 0 Å². The number of alkyl halides is 2. The molecule has 8 heteroatoms. The Morgan fingerprint density at radius 1 is 1.67 bits per heavy atom. The van der Waals surface area contributed by atoms with Crippen LogP contribution in [0.25, 0.3) is 0 Å². The van der Waals surface area contributed by atoms with E-state index in [-0.39, 0.29) is 22.9 Å². The zero-order valence-electron chi connectivity index (χ0n) is 7.44. The van der Waals surface area contributed by atoms with Gasteiger partial charge in [-0.1, -0.05) is 0 Å². The Kier molecular flexibility index (Phi) is 3.76. The highest BCUT2D eigenvalue weighted by molar-refractivity contribution is 7.10. The molecular weight excluding hydrogens is 226 g/mol. The molecule has 15 heavy (non-hydrogen) atoms. The summed E-state index contributed by atoms with van der Waals surface area (Å²) in [6, 6.07) is 1.79. The van der Waals surface area contributed by atoms with Gasteiger partial charge in [0.25, 0.3) is 6.43 Å². The summed E-state index contributed by atoms with van der Waals surface area (Å²) >= 11 is 0.890. The number of halogens is 2. The zero-order chi connectivity index (χ0) is 11.4. The molecule has 4 N–H and O–H groups in total. The van der Waals surface area contributed by atoms with E-state index in [9.17, 15) is 8.78 Å². The molecule has 1 rings (SSSR count). The third-order valence-corrected chi connectivity index (χ3v) is 2.41. The second-order valence-electron chi connectivity index (χ2n) is 2.67. The van der Waals surface area contributed by atoms with E-state index in [1.54, 1.807) is 6.07 Å².